The second kappa shape index (κ2) is 7.85. The van der Waals surface area contributed by atoms with Crippen LogP contribution in [-0.2, 0) is 11.3 Å². The predicted molar refractivity (Wildman–Crippen MR) is 102 cm³/mol. The Morgan fingerprint density at radius 3 is 2.54 bits per heavy atom. The third kappa shape index (κ3) is 4.39. The second-order valence-electron chi connectivity index (χ2n) is 6.09. The fourth-order valence-corrected chi connectivity index (χ4v) is 2.81. The molecule has 1 heterocycles. The molecule has 1 N–H and O–H groups in total. The first-order valence-electron chi connectivity index (χ1n) is 8.05. The number of hydrogen-bond donors (Lipinski definition) is 1. The van der Waals surface area contributed by atoms with Gasteiger partial charge in [-0.25, -0.2) is 0 Å². The Labute approximate surface area is 161 Å². The van der Waals surface area contributed by atoms with E-state index in [1.54, 1.807) is 18.2 Å². The molecule has 0 unspecified atom stereocenters. The number of rotatable bonds is 5. The summed E-state index contributed by atoms with van der Waals surface area (Å²) in [6.07, 6.45) is 0. The van der Waals surface area contributed by atoms with Crippen LogP contribution in [0.15, 0.2) is 42.5 Å². The van der Waals surface area contributed by atoms with Crippen LogP contribution >= 0.6 is 23.2 Å². The second-order valence-corrected chi connectivity index (χ2v) is 6.94. The van der Waals surface area contributed by atoms with Crippen molar-refractivity contribution in [2.24, 2.45) is 0 Å². The molecule has 0 radical (unpaired) electrons. The highest BCUT2D eigenvalue weighted by Gasteiger charge is 2.11. The van der Waals surface area contributed by atoms with Crippen LogP contribution < -0.4 is 5.32 Å². The van der Waals surface area contributed by atoms with Crippen molar-refractivity contribution in [3.63, 3.8) is 0 Å². The van der Waals surface area contributed by atoms with Gasteiger partial charge in [-0.3, -0.25) is 4.79 Å². The number of hydrogen-bond acceptors (Lipinski definition) is 4. The average Bonchev–Trinajstić information content (AvgIpc) is 3.06. The fraction of sp³-hybridized carbons (Fsp3) is 0.222. The van der Waals surface area contributed by atoms with Gasteiger partial charge in [0, 0.05) is 10.6 Å². The first kappa shape index (κ1) is 18.4. The van der Waals surface area contributed by atoms with E-state index in [9.17, 15) is 4.79 Å². The lowest BCUT2D eigenvalue weighted by atomic mass is 10.0. The molecule has 0 spiro atoms. The fourth-order valence-electron chi connectivity index (χ4n) is 2.35. The van der Waals surface area contributed by atoms with Gasteiger partial charge in [0.2, 0.25) is 11.7 Å². The molecular weight excluding hydrogens is 373 g/mol. The smallest absolute Gasteiger partial charge is 0.248 e. The number of anilines is 1. The third-order valence-corrected chi connectivity index (χ3v) is 4.33. The number of carbonyl (C=O) groups is 1. The number of nitrogens with one attached hydrogen (secondary N) is 1. The number of aromatic nitrogens is 4. The Morgan fingerprint density at radius 2 is 1.88 bits per heavy atom. The van der Waals surface area contributed by atoms with Crippen LogP contribution in [0.4, 0.5) is 5.69 Å². The molecule has 0 saturated heterocycles. The molecule has 3 rings (SSSR count). The lowest BCUT2D eigenvalue weighted by Crippen LogP contribution is -2.20. The summed E-state index contributed by atoms with van der Waals surface area (Å²) >= 11 is 11.9. The summed E-state index contributed by atoms with van der Waals surface area (Å²) in [6, 6.07) is 12.8. The maximum atomic E-state index is 12.2. The standard InChI is InChI=1S/C18H17Cl2N5O/c1-11(2)12-3-5-13(6-4-12)18-22-24-25(23-18)10-17(26)21-16-8-7-14(19)9-15(16)20/h3-9,11H,10H2,1-2H3,(H,21,26). The van der Waals surface area contributed by atoms with Crippen molar-refractivity contribution in [1.29, 1.82) is 0 Å². The van der Waals surface area contributed by atoms with E-state index in [1.807, 2.05) is 24.3 Å². The minimum Gasteiger partial charge on any atom is -0.323 e. The molecule has 134 valence electrons. The molecule has 26 heavy (non-hydrogen) atoms. The van der Waals surface area contributed by atoms with Crippen LogP contribution in [-0.4, -0.2) is 26.1 Å². The van der Waals surface area contributed by atoms with Gasteiger partial charge in [-0.2, -0.15) is 4.80 Å². The van der Waals surface area contributed by atoms with E-state index in [-0.39, 0.29) is 12.5 Å². The maximum absolute atomic E-state index is 12.2. The van der Waals surface area contributed by atoms with Gasteiger partial charge < -0.3 is 5.32 Å². The van der Waals surface area contributed by atoms with Crippen molar-refractivity contribution in [3.05, 3.63) is 58.1 Å². The van der Waals surface area contributed by atoms with Gasteiger partial charge in [0.05, 0.1) is 10.7 Å². The Kier molecular flexibility index (Phi) is 5.54. The van der Waals surface area contributed by atoms with Crippen molar-refractivity contribution >= 4 is 34.8 Å². The molecular formula is C18H17Cl2N5O. The van der Waals surface area contributed by atoms with E-state index >= 15 is 0 Å². The number of amides is 1. The van der Waals surface area contributed by atoms with Crippen LogP contribution in [0.25, 0.3) is 11.4 Å². The monoisotopic (exact) mass is 389 g/mol. The van der Waals surface area contributed by atoms with Gasteiger partial charge in [-0.05, 0) is 34.9 Å². The number of benzene rings is 2. The quantitative estimate of drug-likeness (QED) is 0.701. The highest BCUT2D eigenvalue weighted by molar-refractivity contribution is 6.36. The average molecular weight is 390 g/mol. The van der Waals surface area contributed by atoms with E-state index in [0.717, 1.165) is 5.56 Å². The highest BCUT2D eigenvalue weighted by Crippen LogP contribution is 2.25. The molecule has 1 aromatic heterocycles. The summed E-state index contributed by atoms with van der Waals surface area (Å²) in [5.74, 6) is 0.613. The number of halogens is 2. The number of tetrazole rings is 1. The highest BCUT2D eigenvalue weighted by atomic mass is 35.5. The van der Waals surface area contributed by atoms with Crippen molar-refractivity contribution < 1.29 is 4.79 Å². The lowest BCUT2D eigenvalue weighted by molar-refractivity contribution is -0.117. The van der Waals surface area contributed by atoms with Gasteiger partial charge >= 0.3 is 0 Å². The van der Waals surface area contributed by atoms with Crippen LogP contribution in [0, 0.1) is 0 Å². The molecule has 8 heteroatoms. The predicted octanol–water partition coefficient (Wildman–Crippen LogP) is 4.41. The van der Waals surface area contributed by atoms with Crippen molar-refractivity contribution in [1.82, 2.24) is 20.2 Å². The topological polar surface area (TPSA) is 72.7 Å². The molecule has 0 atom stereocenters. The van der Waals surface area contributed by atoms with Crippen molar-refractivity contribution in [3.8, 4) is 11.4 Å². The molecule has 0 saturated carbocycles. The molecule has 3 aromatic rings. The molecule has 0 bridgehead atoms. The first-order chi connectivity index (χ1) is 12.4. The Bertz CT molecular complexity index is 922. The largest absolute Gasteiger partial charge is 0.323 e. The van der Waals surface area contributed by atoms with Crippen molar-refractivity contribution in [2.45, 2.75) is 26.3 Å². The molecule has 6 nitrogen and oxygen atoms in total. The Hall–Kier alpha value is -2.44. The molecule has 1 amide bonds. The first-order valence-corrected chi connectivity index (χ1v) is 8.81. The molecule has 0 aliphatic heterocycles. The lowest BCUT2D eigenvalue weighted by Gasteiger charge is -2.06. The van der Waals surface area contributed by atoms with E-state index in [1.165, 1.54) is 10.4 Å². The summed E-state index contributed by atoms with van der Waals surface area (Å²) in [4.78, 5) is 13.4. The van der Waals surface area contributed by atoms with E-state index in [4.69, 9.17) is 23.2 Å². The van der Waals surface area contributed by atoms with Gasteiger partial charge in [0.25, 0.3) is 0 Å². The van der Waals surface area contributed by atoms with Gasteiger partial charge in [0.1, 0.15) is 6.54 Å². The SMILES string of the molecule is CC(C)c1ccc(-c2nnn(CC(=O)Nc3ccc(Cl)cc3Cl)n2)cc1. The molecule has 0 fully saturated rings. The van der Waals surface area contributed by atoms with Crippen LogP contribution in [0.5, 0.6) is 0 Å². The normalized spacial score (nSPS) is 11.0. The van der Waals surface area contributed by atoms with E-state index < -0.39 is 0 Å². The van der Waals surface area contributed by atoms with Gasteiger partial charge in [-0.15, -0.1) is 10.2 Å². The minimum atomic E-state index is -0.312. The molecule has 0 aliphatic rings. The molecule has 0 aliphatic carbocycles. The zero-order valence-corrected chi connectivity index (χ0v) is 15.8. The Morgan fingerprint density at radius 1 is 1.15 bits per heavy atom. The summed E-state index contributed by atoms with van der Waals surface area (Å²) in [7, 11) is 0. The zero-order chi connectivity index (χ0) is 18.7. The minimum absolute atomic E-state index is 0.0734. The summed E-state index contributed by atoms with van der Waals surface area (Å²) < 4.78 is 0. The van der Waals surface area contributed by atoms with Crippen LogP contribution in [0.1, 0.15) is 25.3 Å². The van der Waals surface area contributed by atoms with Crippen LogP contribution in [0.2, 0.25) is 10.0 Å². The van der Waals surface area contributed by atoms with Gasteiger partial charge in [-0.1, -0.05) is 61.3 Å². The summed E-state index contributed by atoms with van der Waals surface area (Å²) in [5.41, 5.74) is 2.56. The van der Waals surface area contributed by atoms with Crippen molar-refractivity contribution in [2.75, 3.05) is 5.32 Å². The van der Waals surface area contributed by atoms with Gasteiger partial charge in [0.15, 0.2) is 0 Å². The van der Waals surface area contributed by atoms with E-state index in [0.29, 0.717) is 27.5 Å². The van der Waals surface area contributed by atoms with Crippen LogP contribution in [0.3, 0.4) is 0 Å². The zero-order valence-electron chi connectivity index (χ0n) is 14.3. The maximum Gasteiger partial charge on any atom is 0.248 e. The molecule has 2 aromatic carbocycles. The Balaban J connectivity index is 1.67. The third-order valence-electron chi connectivity index (χ3n) is 3.78. The van der Waals surface area contributed by atoms with E-state index in [2.05, 4.69) is 34.6 Å². The number of nitrogens with zero attached hydrogens (tertiary/aromatic N) is 4. The summed E-state index contributed by atoms with van der Waals surface area (Å²) in [5, 5.41) is 15.8. The number of carbonyl (C=O) groups excluding carboxylic acids is 1. The summed E-state index contributed by atoms with van der Waals surface area (Å²) in [6.45, 7) is 4.19.